The molecule has 0 aliphatic carbocycles. The van der Waals surface area contributed by atoms with Gasteiger partial charge in [-0.05, 0) is 39.3 Å². The van der Waals surface area contributed by atoms with Crippen LogP contribution in [0, 0.1) is 0 Å². The zero-order chi connectivity index (χ0) is 20.8. The van der Waals surface area contributed by atoms with Gasteiger partial charge in [0.2, 0.25) is 5.88 Å². The largest absolute Gasteiger partial charge is 0.439 e. The molecule has 0 saturated carbocycles. The van der Waals surface area contributed by atoms with Crippen LogP contribution in [0.1, 0.15) is 52.8 Å². The molecular formula is C26H28N2O. The molecule has 0 unspecified atom stereocenters. The minimum atomic E-state index is -0.0320. The topological polar surface area (TPSA) is 35.0 Å². The SMILES string of the molecule is CC(C)(C)c1ccc2ccc3cnc(Oc4ccnc(C(C)(C)C)c4)cc3c2c1. The van der Waals surface area contributed by atoms with Gasteiger partial charge in [-0.25, -0.2) is 4.98 Å². The molecule has 2 aromatic carbocycles. The fraction of sp³-hybridized carbons (Fsp3) is 0.308. The first kappa shape index (κ1) is 19.4. The minimum Gasteiger partial charge on any atom is -0.439 e. The first-order chi connectivity index (χ1) is 13.6. The Bertz CT molecular complexity index is 1200. The van der Waals surface area contributed by atoms with E-state index < -0.39 is 0 Å². The van der Waals surface area contributed by atoms with Crippen molar-refractivity contribution in [3.05, 3.63) is 72.2 Å². The van der Waals surface area contributed by atoms with E-state index in [4.69, 9.17) is 4.74 Å². The second-order valence-electron chi connectivity index (χ2n) is 9.72. The lowest BCUT2D eigenvalue weighted by atomic mass is 9.85. The molecule has 3 heteroatoms. The fourth-order valence-corrected chi connectivity index (χ4v) is 3.46. The standard InChI is InChI=1S/C26H28N2O/c1-25(2,3)19-10-9-17-7-8-18-16-28-24(15-22(18)21(17)13-19)29-20-11-12-27-23(14-20)26(4,5)6/h7-16H,1-6H3. The van der Waals surface area contributed by atoms with Crippen molar-refractivity contribution in [1.29, 1.82) is 0 Å². The summed E-state index contributed by atoms with van der Waals surface area (Å²) in [4.78, 5) is 9.00. The van der Waals surface area contributed by atoms with Crippen molar-refractivity contribution >= 4 is 21.5 Å². The highest BCUT2D eigenvalue weighted by atomic mass is 16.5. The average Bonchev–Trinajstić information content (AvgIpc) is 2.66. The summed E-state index contributed by atoms with van der Waals surface area (Å²) in [7, 11) is 0. The molecule has 2 heterocycles. The molecule has 0 N–H and O–H groups in total. The number of rotatable bonds is 2. The number of aromatic nitrogens is 2. The number of hydrogen-bond donors (Lipinski definition) is 0. The molecular weight excluding hydrogens is 356 g/mol. The molecule has 0 aliphatic rings. The van der Waals surface area contributed by atoms with E-state index in [1.165, 1.54) is 16.3 Å². The van der Waals surface area contributed by atoms with Crippen molar-refractivity contribution in [1.82, 2.24) is 9.97 Å². The maximum atomic E-state index is 6.12. The molecule has 0 aliphatic heterocycles. The number of pyridine rings is 2. The van der Waals surface area contributed by atoms with Gasteiger partial charge in [0, 0.05) is 41.0 Å². The van der Waals surface area contributed by atoms with Crippen molar-refractivity contribution < 1.29 is 4.74 Å². The van der Waals surface area contributed by atoms with Gasteiger partial charge in [0.25, 0.3) is 0 Å². The summed E-state index contributed by atoms with van der Waals surface area (Å²) in [6.45, 7) is 13.2. The van der Waals surface area contributed by atoms with Crippen LogP contribution in [0.3, 0.4) is 0 Å². The molecule has 0 atom stereocenters. The van der Waals surface area contributed by atoms with Crippen LogP contribution in [0.15, 0.2) is 60.9 Å². The fourth-order valence-electron chi connectivity index (χ4n) is 3.46. The Hall–Kier alpha value is -2.94. The second-order valence-corrected chi connectivity index (χ2v) is 9.72. The maximum Gasteiger partial charge on any atom is 0.219 e. The lowest BCUT2D eigenvalue weighted by Gasteiger charge is -2.20. The van der Waals surface area contributed by atoms with E-state index in [2.05, 4.69) is 81.8 Å². The smallest absolute Gasteiger partial charge is 0.219 e. The van der Waals surface area contributed by atoms with Gasteiger partial charge in [-0.1, -0.05) is 65.8 Å². The van der Waals surface area contributed by atoms with E-state index in [0.717, 1.165) is 22.2 Å². The Labute approximate surface area is 172 Å². The maximum absolute atomic E-state index is 6.12. The summed E-state index contributed by atoms with van der Waals surface area (Å²) in [5.74, 6) is 1.35. The number of benzene rings is 2. The first-order valence-corrected chi connectivity index (χ1v) is 10.1. The molecule has 0 amide bonds. The van der Waals surface area contributed by atoms with Gasteiger partial charge < -0.3 is 4.74 Å². The van der Waals surface area contributed by atoms with Crippen molar-refractivity contribution in [2.45, 2.75) is 52.4 Å². The summed E-state index contributed by atoms with van der Waals surface area (Å²) in [5.41, 5.74) is 2.38. The zero-order valence-corrected chi connectivity index (χ0v) is 18.1. The van der Waals surface area contributed by atoms with Crippen LogP contribution in [-0.2, 0) is 10.8 Å². The van der Waals surface area contributed by atoms with Crippen molar-refractivity contribution in [3.63, 3.8) is 0 Å². The quantitative estimate of drug-likeness (QED) is 0.344. The Balaban J connectivity index is 1.80. The third kappa shape index (κ3) is 3.95. The molecule has 148 valence electrons. The van der Waals surface area contributed by atoms with Crippen molar-refractivity contribution in [2.75, 3.05) is 0 Å². The summed E-state index contributed by atoms with van der Waals surface area (Å²) in [5, 5.41) is 4.72. The van der Waals surface area contributed by atoms with Gasteiger partial charge >= 0.3 is 0 Å². The van der Waals surface area contributed by atoms with Crippen LogP contribution in [0.25, 0.3) is 21.5 Å². The van der Waals surface area contributed by atoms with E-state index in [9.17, 15) is 0 Å². The summed E-state index contributed by atoms with van der Waals surface area (Å²) < 4.78 is 6.12. The van der Waals surface area contributed by atoms with E-state index in [0.29, 0.717) is 5.88 Å². The molecule has 0 spiro atoms. The van der Waals surface area contributed by atoms with Crippen LogP contribution in [0.5, 0.6) is 11.6 Å². The van der Waals surface area contributed by atoms with Crippen LogP contribution < -0.4 is 4.74 Å². The Morgan fingerprint density at radius 2 is 1.38 bits per heavy atom. The minimum absolute atomic E-state index is 0.0320. The number of ether oxygens (including phenoxy) is 1. The van der Waals surface area contributed by atoms with Crippen LogP contribution >= 0.6 is 0 Å². The summed E-state index contributed by atoms with van der Waals surface area (Å²) in [6, 6.07) is 16.9. The van der Waals surface area contributed by atoms with Crippen LogP contribution in [-0.4, -0.2) is 9.97 Å². The molecule has 0 fully saturated rings. The number of fused-ring (bicyclic) bond motifs is 3. The van der Waals surface area contributed by atoms with Gasteiger partial charge in [0.15, 0.2) is 0 Å². The van der Waals surface area contributed by atoms with Crippen molar-refractivity contribution in [2.24, 2.45) is 0 Å². The summed E-state index contributed by atoms with van der Waals surface area (Å²) >= 11 is 0. The molecule has 0 bridgehead atoms. The van der Waals surface area contributed by atoms with Gasteiger partial charge in [-0.3, -0.25) is 4.98 Å². The highest BCUT2D eigenvalue weighted by Gasteiger charge is 2.17. The van der Waals surface area contributed by atoms with Gasteiger partial charge in [-0.15, -0.1) is 0 Å². The van der Waals surface area contributed by atoms with Crippen LogP contribution in [0.4, 0.5) is 0 Å². The summed E-state index contributed by atoms with van der Waals surface area (Å²) in [6.07, 6.45) is 3.68. The third-order valence-electron chi connectivity index (χ3n) is 5.28. The van der Waals surface area contributed by atoms with E-state index in [-0.39, 0.29) is 10.8 Å². The molecule has 0 saturated heterocycles. The number of nitrogens with zero attached hydrogens (tertiary/aromatic N) is 2. The van der Waals surface area contributed by atoms with Crippen LogP contribution in [0.2, 0.25) is 0 Å². The highest BCUT2D eigenvalue weighted by Crippen LogP contribution is 2.33. The van der Waals surface area contributed by atoms with Crippen molar-refractivity contribution in [3.8, 4) is 11.6 Å². The van der Waals surface area contributed by atoms with Gasteiger partial charge in [-0.2, -0.15) is 0 Å². The molecule has 2 aromatic heterocycles. The number of hydrogen-bond acceptors (Lipinski definition) is 3. The van der Waals surface area contributed by atoms with E-state index in [1.807, 2.05) is 24.4 Å². The predicted octanol–water partition coefficient (Wildman–Crippen LogP) is 7.17. The molecule has 29 heavy (non-hydrogen) atoms. The Morgan fingerprint density at radius 3 is 2.10 bits per heavy atom. The van der Waals surface area contributed by atoms with E-state index in [1.54, 1.807) is 6.20 Å². The predicted molar refractivity (Wildman–Crippen MR) is 121 cm³/mol. The third-order valence-corrected chi connectivity index (χ3v) is 5.28. The monoisotopic (exact) mass is 384 g/mol. The normalized spacial score (nSPS) is 12.5. The Kier molecular flexibility index (Phi) is 4.57. The molecule has 3 nitrogen and oxygen atoms in total. The lowest BCUT2D eigenvalue weighted by Crippen LogP contribution is -2.13. The lowest BCUT2D eigenvalue weighted by molar-refractivity contribution is 0.458. The Morgan fingerprint density at radius 1 is 0.690 bits per heavy atom. The molecule has 0 radical (unpaired) electrons. The second kappa shape index (κ2) is 6.84. The first-order valence-electron chi connectivity index (χ1n) is 10.1. The molecule has 4 aromatic rings. The zero-order valence-electron chi connectivity index (χ0n) is 18.1. The molecule has 4 rings (SSSR count). The van der Waals surface area contributed by atoms with Gasteiger partial charge in [0.05, 0.1) is 0 Å². The highest BCUT2D eigenvalue weighted by molar-refractivity contribution is 6.07. The average molecular weight is 385 g/mol. The van der Waals surface area contributed by atoms with E-state index >= 15 is 0 Å². The van der Waals surface area contributed by atoms with Gasteiger partial charge in [0.1, 0.15) is 5.75 Å².